The fourth-order valence-corrected chi connectivity index (χ4v) is 2.80. The van der Waals surface area contributed by atoms with Gasteiger partial charge in [0.05, 0.1) is 5.70 Å². The first-order chi connectivity index (χ1) is 10.5. The number of carbonyl (C=O) groups excluding carboxylic acids is 1. The predicted molar refractivity (Wildman–Crippen MR) is 88.7 cm³/mol. The molecule has 1 unspecified atom stereocenters. The topological polar surface area (TPSA) is 58.6 Å². The number of thiophene rings is 1. The molecule has 1 aromatic carbocycles. The van der Waals surface area contributed by atoms with Crippen molar-refractivity contribution >= 4 is 23.3 Å². The molecule has 0 aliphatic rings. The van der Waals surface area contributed by atoms with Gasteiger partial charge in [-0.3, -0.25) is 4.79 Å². The number of aliphatic hydroxyl groups is 1. The number of hydrogen-bond acceptors (Lipinski definition) is 4. The Kier molecular flexibility index (Phi) is 5.49. The second kappa shape index (κ2) is 7.35. The molecule has 1 heterocycles. The van der Waals surface area contributed by atoms with Crippen LogP contribution >= 0.6 is 11.3 Å². The van der Waals surface area contributed by atoms with Gasteiger partial charge in [0.2, 0.25) is 0 Å². The minimum atomic E-state index is -1.18. The van der Waals surface area contributed by atoms with E-state index in [4.69, 9.17) is 4.74 Å². The van der Waals surface area contributed by atoms with Crippen LogP contribution in [-0.2, 0) is 4.74 Å². The van der Waals surface area contributed by atoms with Crippen LogP contribution < -0.4 is 5.32 Å². The van der Waals surface area contributed by atoms with E-state index in [1.165, 1.54) is 18.4 Å². The number of nitrogens with one attached hydrogen (secondary N) is 1. The lowest BCUT2D eigenvalue weighted by Gasteiger charge is -2.15. The summed E-state index contributed by atoms with van der Waals surface area (Å²) in [5, 5.41) is 14.6. The molecule has 0 saturated heterocycles. The largest absolute Gasteiger partial charge is 0.363 e. The molecular formula is C17H19NO3S. The van der Waals surface area contributed by atoms with Crippen molar-refractivity contribution in [2.45, 2.75) is 20.1 Å². The summed E-state index contributed by atoms with van der Waals surface area (Å²) in [7, 11) is 1.38. The Balaban J connectivity index is 2.25. The Hall–Kier alpha value is -1.95. The van der Waals surface area contributed by atoms with E-state index in [1.54, 1.807) is 6.08 Å². The lowest BCUT2D eigenvalue weighted by atomic mass is 10.1. The molecule has 0 fully saturated rings. The van der Waals surface area contributed by atoms with Gasteiger partial charge in [-0.25, -0.2) is 0 Å². The van der Waals surface area contributed by atoms with E-state index in [1.807, 2.05) is 49.6 Å². The molecule has 0 radical (unpaired) electrons. The highest BCUT2D eigenvalue weighted by Crippen LogP contribution is 2.15. The molecule has 0 spiro atoms. The number of benzene rings is 1. The molecule has 4 nitrogen and oxygen atoms in total. The van der Waals surface area contributed by atoms with Crippen LogP contribution in [0.15, 0.2) is 41.4 Å². The molecule has 5 heteroatoms. The number of rotatable bonds is 5. The van der Waals surface area contributed by atoms with Crippen LogP contribution in [0.2, 0.25) is 0 Å². The molecule has 1 amide bonds. The Labute approximate surface area is 134 Å². The van der Waals surface area contributed by atoms with Crippen molar-refractivity contribution in [2.24, 2.45) is 0 Å². The van der Waals surface area contributed by atoms with Crippen LogP contribution in [0.25, 0.3) is 6.08 Å². The van der Waals surface area contributed by atoms with Crippen molar-refractivity contribution in [3.8, 4) is 0 Å². The van der Waals surface area contributed by atoms with Crippen molar-refractivity contribution in [1.82, 2.24) is 5.32 Å². The van der Waals surface area contributed by atoms with Crippen LogP contribution in [-0.4, -0.2) is 24.4 Å². The van der Waals surface area contributed by atoms with Gasteiger partial charge in [0.25, 0.3) is 5.91 Å². The Morgan fingerprint density at radius 3 is 2.55 bits per heavy atom. The van der Waals surface area contributed by atoms with E-state index in [9.17, 15) is 9.90 Å². The quantitative estimate of drug-likeness (QED) is 0.833. The Morgan fingerprint density at radius 2 is 2.00 bits per heavy atom. The summed E-state index contributed by atoms with van der Waals surface area (Å²) < 4.78 is 4.92. The van der Waals surface area contributed by atoms with Gasteiger partial charge >= 0.3 is 0 Å². The molecule has 22 heavy (non-hydrogen) atoms. The number of methoxy groups -OCH3 is 1. The smallest absolute Gasteiger partial charge is 0.255 e. The van der Waals surface area contributed by atoms with Gasteiger partial charge in [-0.2, -0.15) is 0 Å². The molecule has 0 bridgehead atoms. The predicted octanol–water partition coefficient (Wildman–Crippen LogP) is 3.10. The number of carbonyl (C=O) groups is 1. The number of aryl methyl sites for hydroxylation is 2. The first-order valence-corrected chi connectivity index (χ1v) is 7.73. The molecule has 1 aromatic heterocycles. The zero-order valence-corrected chi connectivity index (χ0v) is 13.6. The molecule has 0 aliphatic carbocycles. The van der Waals surface area contributed by atoms with Crippen LogP contribution in [0.3, 0.4) is 0 Å². The van der Waals surface area contributed by atoms with Crippen molar-refractivity contribution < 1.29 is 14.6 Å². The van der Waals surface area contributed by atoms with Gasteiger partial charge in [0.1, 0.15) is 0 Å². The zero-order valence-electron chi connectivity index (χ0n) is 12.8. The molecule has 2 aromatic rings. The molecule has 2 N–H and O–H groups in total. The van der Waals surface area contributed by atoms with Gasteiger partial charge in [0, 0.05) is 17.6 Å². The third kappa shape index (κ3) is 4.27. The van der Waals surface area contributed by atoms with Crippen molar-refractivity contribution in [2.75, 3.05) is 7.11 Å². The maximum absolute atomic E-state index is 12.4. The van der Waals surface area contributed by atoms with E-state index in [0.717, 1.165) is 16.0 Å². The molecule has 116 valence electrons. The Morgan fingerprint density at radius 1 is 1.32 bits per heavy atom. The fraction of sp³-hybridized carbons (Fsp3) is 0.235. The van der Waals surface area contributed by atoms with Crippen LogP contribution in [0.1, 0.15) is 26.4 Å². The van der Waals surface area contributed by atoms with Crippen LogP contribution in [0.4, 0.5) is 0 Å². The summed E-state index contributed by atoms with van der Waals surface area (Å²) in [4.78, 5) is 13.3. The monoisotopic (exact) mass is 317 g/mol. The van der Waals surface area contributed by atoms with Crippen LogP contribution in [0, 0.1) is 13.8 Å². The van der Waals surface area contributed by atoms with Crippen molar-refractivity contribution in [3.05, 3.63) is 63.0 Å². The Bertz CT molecular complexity index is 657. The zero-order chi connectivity index (χ0) is 16.1. The van der Waals surface area contributed by atoms with E-state index < -0.39 is 6.29 Å². The van der Waals surface area contributed by atoms with Gasteiger partial charge in [-0.05, 0) is 43.5 Å². The summed E-state index contributed by atoms with van der Waals surface area (Å²) in [5.41, 5.74) is 2.90. The third-order valence-electron chi connectivity index (χ3n) is 3.07. The van der Waals surface area contributed by atoms with Gasteiger partial charge in [-0.15, -0.1) is 11.3 Å². The molecule has 0 aliphatic heterocycles. The average molecular weight is 317 g/mol. The van der Waals surface area contributed by atoms with Crippen molar-refractivity contribution in [1.29, 1.82) is 0 Å². The highest BCUT2D eigenvalue weighted by atomic mass is 32.1. The van der Waals surface area contributed by atoms with Gasteiger partial charge in [0.15, 0.2) is 6.29 Å². The number of hydrogen-bond donors (Lipinski definition) is 2. The summed E-state index contributed by atoms with van der Waals surface area (Å²) in [5.74, 6) is -0.272. The summed E-state index contributed by atoms with van der Waals surface area (Å²) >= 11 is 1.51. The van der Waals surface area contributed by atoms with E-state index in [2.05, 4.69) is 5.32 Å². The maximum atomic E-state index is 12.4. The number of amides is 1. The molecule has 2 rings (SSSR count). The van der Waals surface area contributed by atoms with Crippen molar-refractivity contribution in [3.63, 3.8) is 0 Å². The molecular weight excluding hydrogens is 298 g/mol. The SMILES string of the molecule is COC(O)/C(=C\c1cccs1)NC(=O)c1cc(C)cc(C)c1. The first kappa shape index (κ1) is 16.4. The highest BCUT2D eigenvalue weighted by molar-refractivity contribution is 7.10. The normalized spacial score (nSPS) is 13.0. The first-order valence-electron chi connectivity index (χ1n) is 6.85. The third-order valence-corrected chi connectivity index (χ3v) is 3.89. The molecule has 0 saturated carbocycles. The second-order valence-corrected chi connectivity index (χ2v) is 6.01. The number of aliphatic hydroxyl groups excluding tert-OH is 1. The summed E-state index contributed by atoms with van der Waals surface area (Å²) in [6, 6.07) is 9.42. The minimum absolute atomic E-state index is 0.272. The standard InChI is InChI=1S/C17H19NO3S/c1-11-7-12(2)9-13(8-11)16(19)18-15(17(20)21-3)10-14-5-4-6-22-14/h4-10,17,20H,1-3H3,(H,18,19)/b15-10+. The van der Waals surface area contributed by atoms with Gasteiger partial charge in [-0.1, -0.05) is 23.3 Å². The lowest BCUT2D eigenvalue weighted by molar-refractivity contribution is -0.0475. The lowest BCUT2D eigenvalue weighted by Crippen LogP contribution is -2.30. The summed E-state index contributed by atoms with van der Waals surface area (Å²) in [6.07, 6.45) is 0.524. The average Bonchev–Trinajstić information content (AvgIpc) is 2.97. The van der Waals surface area contributed by atoms with E-state index in [-0.39, 0.29) is 5.91 Å². The highest BCUT2D eigenvalue weighted by Gasteiger charge is 2.15. The van der Waals surface area contributed by atoms with E-state index >= 15 is 0 Å². The maximum Gasteiger partial charge on any atom is 0.255 e. The number of ether oxygens (including phenoxy) is 1. The second-order valence-electron chi connectivity index (χ2n) is 5.03. The summed E-state index contributed by atoms with van der Waals surface area (Å²) in [6.45, 7) is 3.88. The van der Waals surface area contributed by atoms with E-state index in [0.29, 0.717) is 11.3 Å². The minimum Gasteiger partial charge on any atom is -0.363 e. The van der Waals surface area contributed by atoms with Crippen LogP contribution in [0.5, 0.6) is 0 Å². The fourth-order valence-electron chi connectivity index (χ4n) is 2.13. The van der Waals surface area contributed by atoms with Gasteiger partial charge < -0.3 is 15.2 Å². The molecule has 1 atom stereocenters.